The molecule has 0 amide bonds. The molecule has 1 nitrogen and oxygen atoms in total. The van der Waals surface area contributed by atoms with E-state index in [4.69, 9.17) is 0 Å². The van der Waals surface area contributed by atoms with Crippen LogP contribution in [0.1, 0.15) is 45.4 Å². The van der Waals surface area contributed by atoms with Gasteiger partial charge in [-0.05, 0) is 32.1 Å². The zero-order valence-electron chi connectivity index (χ0n) is 8.41. The van der Waals surface area contributed by atoms with E-state index in [0.29, 0.717) is 0 Å². The molecule has 0 aromatic carbocycles. The number of rotatable bonds is 3. The first-order valence-corrected chi connectivity index (χ1v) is 5.17. The van der Waals surface area contributed by atoms with Crippen molar-refractivity contribution in [1.29, 1.82) is 0 Å². The largest absolute Gasteiger partial charge is 1.00 e. The quantitative estimate of drug-likeness (QED) is 0.519. The predicted octanol–water partition coefficient (Wildman–Crippen LogP) is -1.75. The molecule has 1 fully saturated rings. The number of quaternary nitrogens is 1. The topological polar surface area (TPSA) is 4.44 Å². The Morgan fingerprint density at radius 3 is 2.67 bits per heavy atom. The van der Waals surface area contributed by atoms with E-state index in [0.717, 1.165) is 6.04 Å². The lowest BCUT2D eigenvalue weighted by molar-refractivity contribution is -0.911. The third-order valence-electron chi connectivity index (χ3n) is 2.98. The van der Waals surface area contributed by atoms with Crippen molar-refractivity contribution >= 4 is 0 Å². The fraction of sp³-hybridized carbons (Fsp3) is 1.00. The van der Waals surface area contributed by atoms with E-state index in [1.54, 1.807) is 4.90 Å². The minimum atomic E-state index is 0. The first-order valence-electron chi connectivity index (χ1n) is 5.17. The molecule has 12 heavy (non-hydrogen) atoms. The van der Waals surface area contributed by atoms with Gasteiger partial charge >= 0.3 is 0 Å². The lowest BCUT2D eigenvalue weighted by Crippen LogP contribution is -3.13. The Labute approximate surface area is 75.5 Å². The summed E-state index contributed by atoms with van der Waals surface area (Å²) in [5, 5.41) is 0. The molecule has 0 radical (unpaired) electrons. The van der Waals surface area contributed by atoms with Crippen LogP contribution < -0.4 is 9.60 Å². The Kier molecular flexibility index (Phi) is 6.35. The number of hydrogen-bond acceptors (Lipinski definition) is 0. The summed E-state index contributed by atoms with van der Waals surface area (Å²) >= 11 is 0. The van der Waals surface area contributed by atoms with Crippen LogP contribution in [0.25, 0.3) is 0 Å². The third kappa shape index (κ3) is 3.53. The van der Waals surface area contributed by atoms with Crippen LogP contribution >= 0.6 is 0 Å². The molecule has 0 aromatic heterocycles. The van der Waals surface area contributed by atoms with Crippen LogP contribution in [-0.2, 0) is 0 Å². The van der Waals surface area contributed by atoms with Crippen LogP contribution in [0.3, 0.4) is 0 Å². The van der Waals surface area contributed by atoms with Crippen molar-refractivity contribution in [3.8, 4) is 0 Å². The molecule has 0 aliphatic carbocycles. The molecule has 1 aliphatic heterocycles. The van der Waals surface area contributed by atoms with Gasteiger partial charge in [0.25, 0.3) is 0 Å². The maximum Gasteiger partial charge on any atom is 0.0872 e. The average molecular weight is 175 g/mol. The molecule has 2 heteroatoms. The van der Waals surface area contributed by atoms with Gasteiger partial charge in [-0.25, -0.2) is 0 Å². The van der Waals surface area contributed by atoms with Crippen LogP contribution in [0.2, 0.25) is 0 Å². The van der Waals surface area contributed by atoms with Crippen molar-refractivity contribution in [2.24, 2.45) is 0 Å². The molecule has 1 N–H and O–H groups in total. The normalized spacial score (nSPS) is 29.5. The SMILES string of the molecule is CCCCC1CCCC[NH+]1C.[F-]. The minimum Gasteiger partial charge on any atom is -1.00 e. The van der Waals surface area contributed by atoms with Crippen molar-refractivity contribution in [3.05, 3.63) is 0 Å². The molecular weight excluding hydrogens is 153 g/mol. The fourth-order valence-corrected chi connectivity index (χ4v) is 2.09. The van der Waals surface area contributed by atoms with Crippen molar-refractivity contribution < 1.29 is 9.60 Å². The third-order valence-corrected chi connectivity index (χ3v) is 2.98. The molecule has 0 aromatic rings. The van der Waals surface area contributed by atoms with E-state index in [-0.39, 0.29) is 4.70 Å². The highest BCUT2D eigenvalue weighted by atomic mass is 19.0. The lowest BCUT2D eigenvalue weighted by atomic mass is 9.98. The molecule has 1 rings (SSSR count). The molecule has 0 bridgehead atoms. The second-order valence-electron chi connectivity index (χ2n) is 3.93. The van der Waals surface area contributed by atoms with E-state index in [1.807, 2.05) is 0 Å². The number of likely N-dealkylation sites (tertiary alicyclic amines) is 1. The predicted molar refractivity (Wildman–Crippen MR) is 48.9 cm³/mol. The monoisotopic (exact) mass is 175 g/mol. The van der Waals surface area contributed by atoms with E-state index in [2.05, 4.69) is 14.0 Å². The van der Waals surface area contributed by atoms with Crippen molar-refractivity contribution in [1.82, 2.24) is 0 Å². The van der Waals surface area contributed by atoms with Gasteiger partial charge in [0, 0.05) is 0 Å². The summed E-state index contributed by atoms with van der Waals surface area (Å²) < 4.78 is 0. The second kappa shape index (κ2) is 6.41. The number of unbranched alkanes of at least 4 members (excludes halogenated alkanes) is 1. The first kappa shape index (κ1) is 11.9. The lowest BCUT2D eigenvalue weighted by Gasteiger charge is -2.29. The van der Waals surface area contributed by atoms with Crippen LogP contribution in [0, 0.1) is 0 Å². The minimum absolute atomic E-state index is 0. The smallest absolute Gasteiger partial charge is 0.0872 e. The van der Waals surface area contributed by atoms with E-state index < -0.39 is 0 Å². The average Bonchev–Trinajstić information content (AvgIpc) is 2.03. The first-order chi connectivity index (χ1) is 5.34. The molecule has 2 atom stereocenters. The van der Waals surface area contributed by atoms with E-state index >= 15 is 0 Å². The summed E-state index contributed by atoms with van der Waals surface area (Å²) in [4.78, 5) is 1.78. The molecule has 74 valence electrons. The van der Waals surface area contributed by atoms with Crippen molar-refractivity contribution in [3.63, 3.8) is 0 Å². The maximum atomic E-state index is 2.36. The molecule has 0 saturated carbocycles. The van der Waals surface area contributed by atoms with Gasteiger partial charge in [-0.15, -0.1) is 0 Å². The summed E-state index contributed by atoms with van der Waals surface area (Å²) in [7, 11) is 2.36. The fourth-order valence-electron chi connectivity index (χ4n) is 2.09. The number of halogens is 1. The van der Waals surface area contributed by atoms with Crippen LogP contribution in [-0.4, -0.2) is 19.6 Å². The van der Waals surface area contributed by atoms with Crippen LogP contribution in [0.5, 0.6) is 0 Å². The Hall–Kier alpha value is -0.110. The molecular formula is C10H22FN. The summed E-state index contributed by atoms with van der Waals surface area (Å²) in [6.45, 7) is 3.70. The number of hydrogen-bond donors (Lipinski definition) is 1. The van der Waals surface area contributed by atoms with Gasteiger partial charge in [-0.1, -0.05) is 13.3 Å². The van der Waals surface area contributed by atoms with Gasteiger partial charge in [0.15, 0.2) is 0 Å². The van der Waals surface area contributed by atoms with Crippen molar-refractivity contribution in [2.45, 2.75) is 51.5 Å². The highest BCUT2D eigenvalue weighted by Crippen LogP contribution is 2.08. The zero-order chi connectivity index (χ0) is 8.10. The Morgan fingerprint density at radius 2 is 2.08 bits per heavy atom. The van der Waals surface area contributed by atoms with Gasteiger partial charge in [-0.2, -0.15) is 0 Å². The number of nitrogens with one attached hydrogen (secondary N) is 1. The summed E-state index contributed by atoms with van der Waals surface area (Å²) in [6.07, 6.45) is 8.67. The second-order valence-corrected chi connectivity index (χ2v) is 3.93. The van der Waals surface area contributed by atoms with Gasteiger partial charge < -0.3 is 9.60 Å². The van der Waals surface area contributed by atoms with Crippen molar-refractivity contribution in [2.75, 3.05) is 13.6 Å². The van der Waals surface area contributed by atoms with E-state index in [9.17, 15) is 0 Å². The van der Waals surface area contributed by atoms with Crippen LogP contribution in [0.4, 0.5) is 0 Å². The summed E-state index contributed by atoms with van der Waals surface area (Å²) in [6, 6.07) is 0.990. The standard InChI is InChI=1S/C10H21N.FH/c1-3-4-7-10-8-5-6-9-11(10)2;/h10H,3-9H2,1-2H3;1H. The maximum absolute atomic E-state index is 2.36. The molecule has 0 spiro atoms. The number of piperidine rings is 1. The molecule has 1 saturated heterocycles. The molecule has 2 unspecified atom stereocenters. The molecule has 1 aliphatic rings. The van der Waals surface area contributed by atoms with Gasteiger partial charge in [0.05, 0.1) is 19.6 Å². The Bertz CT molecular complexity index is 106. The highest BCUT2D eigenvalue weighted by Gasteiger charge is 2.20. The summed E-state index contributed by atoms with van der Waals surface area (Å²) in [5.74, 6) is 0. The van der Waals surface area contributed by atoms with Gasteiger partial charge in [-0.3, -0.25) is 0 Å². The Morgan fingerprint density at radius 1 is 1.33 bits per heavy atom. The zero-order valence-corrected chi connectivity index (χ0v) is 8.41. The molecule has 1 heterocycles. The van der Waals surface area contributed by atoms with E-state index in [1.165, 1.54) is 45.1 Å². The summed E-state index contributed by atoms with van der Waals surface area (Å²) in [5.41, 5.74) is 0. The van der Waals surface area contributed by atoms with Crippen LogP contribution in [0.15, 0.2) is 0 Å². The highest BCUT2D eigenvalue weighted by molar-refractivity contribution is 4.60. The Balaban J connectivity index is 0.00000121. The van der Waals surface area contributed by atoms with Gasteiger partial charge in [0.1, 0.15) is 0 Å². The van der Waals surface area contributed by atoms with Gasteiger partial charge in [0.2, 0.25) is 0 Å².